The van der Waals surface area contributed by atoms with E-state index in [9.17, 15) is 14.4 Å². The van der Waals surface area contributed by atoms with Crippen LogP contribution in [0.2, 0.25) is 0 Å². The van der Waals surface area contributed by atoms with E-state index in [0.29, 0.717) is 13.0 Å². The number of carbonyl (C=O) groups excluding carboxylic acids is 3. The van der Waals surface area contributed by atoms with Gasteiger partial charge in [0.15, 0.2) is 0 Å². The fraction of sp³-hybridized carbons (Fsp3) is 0.581. The summed E-state index contributed by atoms with van der Waals surface area (Å²) in [6.45, 7) is 9.01. The molecule has 1 aliphatic carbocycles. The Bertz CT molecular complexity index is 1290. The first-order valence-electron chi connectivity index (χ1n) is 15.0. The SMILES string of the molecule is CN1C(=O)CCc2cc(-c3cncc(N4CCN(CC(=O)NC5CCC(NC(=O)OC(C)(C)C)CC5)CC4)n3)ccc21. The molecule has 1 aromatic heterocycles. The number of nitrogens with one attached hydrogen (secondary N) is 2. The van der Waals surface area contributed by atoms with Crippen LogP contribution in [0.3, 0.4) is 0 Å². The second kappa shape index (κ2) is 12.6. The maximum atomic E-state index is 12.8. The van der Waals surface area contributed by atoms with Crippen molar-refractivity contribution in [1.82, 2.24) is 25.5 Å². The van der Waals surface area contributed by atoms with Crippen LogP contribution in [0.4, 0.5) is 16.3 Å². The minimum Gasteiger partial charge on any atom is -0.444 e. The number of hydrogen-bond donors (Lipinski definition) is 2. The van der Waals surface area contributed by atoms with Crippen LogP contribution in [0.5, 0.6) is 0 Å². The van der Waals surface area contributed by atoms with Gasteiger partial charge in [-0.05, 0) is 70.6 Å². The Morgan fingerprint density at radius 3 is 2.36 bits per heavy atom. The zero-order valence-electron chi connectivity index (χ0n) is 25.2. The highest BCUT2D eigenvalue weighted by atomic mass is 16.6. The largest absolute Gasteiger partial charge is 0.444 e. The Hall–Kier alpha value is -3.73. The maximum absolute atomic E-state index is 12.8. The molecule has 2 fully saturated rings. The molecular formula is C31H43N7O4. The third-order valence-electron chi connectivity index (χ3n) is 8.22. The van der Waals surface area contributed by atoms with Gasteiger partial charge in [-0.3, -0.25) is 19.5 Å². The van der Waals surface area contributed by atoms with Gasteiger partial charge in [-0.2, -0.15) is 0 Å². The molecule has 5 rings (SSSR count). The van der Waals surface area contributed by atoms with E-state index in [0.717, 1.165) is 86.6 Å². The molecule has 0 atom stereocenters. The molecule has 0 unspecified atom stereocenters. The van der Waals surface area contributed by atoms with Crippen LogP contribution in [0.25, 0.3) is 11.3 Å². The van der Waals surface area contributed by atoms with Crippen LogP contribution in [-0.2, 0) is 20.7 Å². The van der Waals surface area contributed by atoms with E-state index in [1.165, 1.54) is 0 Å². The Morgan fingerprint density at radius 2 is 1.67 bits per heavy atom. The molecule has 1 saturated heterocycles. The van der Waals surface area contributed by atoms with E-state index in [1.807, 2.05) is 40.0 Å². The van der Waals surface area contributed by atoms with Crippen LogP contribution in [-0.4, -0.2) is 90.2 Å². The first-order chi connectivity index (χ1) is 20.0. The predicted octanol–water partition coefficient (Wildman–Crippen LogP) is 3.13. The lowest BCUT2D eigenvalue weighted by molar-refractivity contribution is -0.123. The Kier molecular flexibility index (Phi) is 8.96. The fourth-order valence-electron chi connectivity index (χ4n) is 5.93. The van der Waals surface area contributed by atoms with Crippen molar-refractivity contribution in [2.24, 2.45) is 0 Å². The van der Waals surface area contributed by atoms with Gasteiger partial charge >= 0.3 is 6.09 Å². The first-order valence-corrected chi connectivity index (χ1v) is 15.0. The van der Waals surface area contributed by atoms with Crippen molar-refractivity contribution in [3.8, 4) is 11.3 Å². The summed E-state index contributed by atoms with van der Waals surface area (Å²) in [5, 5.41) is 6.14. The van der Waals surface area contributed by atoms with E-state index in [1.54, 1.807) is 17.3 Å². The highest BCUT2D eigenvalue weighted by molar-refractivity contribution is 5.96. The molecule has 3 amide bonds. The number of anilines is 2. The molecule has 2 aliphatic heterocycles. The van der Waals surface area contributed by atoms with E-state index in [-0.39, 0.29) is 30.0 Å². The lowest BCUT2D eigenvalue weighted by Gasteiger charge is -2.35. The van der Waals surface area contributed by atoms with Crippen molar-refractivity contribution in [1.29, 1.82) is 0 Å². The van der Waals surface area contributed by atoms with Crippen LogP contribution in [0.1, 0.15) is 58.4 Å². The first kappa shape index (κ1) is 29.8. The van der Waals surface area contributed by atoms with Crippen molar-refractivity contribution in [3.63, 3.8) is 0 Å². The quantitative estimate of drug-likeness (QED) is 0.538. The van der Waals surface area contributed by atoms with Gasteiger partial charge in [0.2, 0.25) is 11.8 Å². The summed E-state index contributed by atoms with van der Waals surface area (Å²) in [6, 6.07) is 6.33. The Labute approximate surface area is 248 Å². The molecule has 3 aliphatic rings. The third-order valence-corrected chi connectivity index (χ3v) is 8.22. The molecule has 1 saturated carbocycles. The molecule has 11 nitrogen and oxygen atoms in total. The van der Waals surface area contributed by atoms with Gasteiger partial charge in [0.25, 0.3) is 0 Å². The van der Waals surface area contributed by atoms with Crippen LogP contribution in [0, 0.1) is 0 Å². The number of aromatic nitrogens is 2. The number of piperazine rings is 1. The van der Waals surface area contributed by atoms with E-state index in [4.69, 9.17) is 9.72 Å². The number of aryl methyl sites for hydroxylation is 1. The normalized spacial score (nSPS) is 21.5. The number of alkyl carbamates (subject to hydrolysis) is 1. The number of nitrogens with zero attached hydrogens (tertiary/aromatic N) is 5. The average molecular weight is 578 g/mol. The number of rotatable bonds is 6. The van der Waals surface area contributed by atoms with Crippen LogP contribution in [0.15, 0.2) is 30.6 Å². The minimum atomic E-state index is -0.512. The lowest BCUT2D eigenvalue weighted by Crippen LogP contribution is -2.51. The molecule has 11 heteroatoms. The van der Waals surface area contributed by atoms with Gasteiger partial charge in [0.05, 0.1) is 24.6 Å². The standard InChI is InChI=1S/C31H43N7O4/c1-31(2,3)42-30(41)34-24-9-7-23(8-10-24)33-28(39)20-37-13-15-38(16-14-37)27-19-32-18-25(35-27)21-5-11-26-22(17-21)6-12-29(40)36(26)4/h5,11,17-19,23-24H,6-10,12-16,20H2,1-4H3,(H,33,39)(H,34,41). The van der Waals surface area contributed by atoms with Gasteiger partial charge in [0, 0.05) is 63.0 Å². The number of ether oxygens (including phenoxy) is 1. The summed E-state index contributed by atoms with van der Waals surface area (Å²) in [5.74, 6) is 1.03. The van der Waals surface area contributed by atoms with Gasteiger partial charge in [-0.15, -0.1) is 0 Å². The number of hydrogen-bond acceptors (Lipinski definition) is 8. The molecule has 0 bridgehead atoms. The van der Waals surface area contributed by atoms with Gasteiger partial charge in [-0.1, -0.05) is 6.07 Å². The summed E-state index contributed by atoms with van der Waals surface area (Å²) < 4.78 is 5.36. The van der Waals surface area contributed by atoms with Gasteiger partial charge in [-0.25, -0.2) is 9.78 Å². The highest BCUT2D eigenvalue weighted by Crippen LogP contribution is 2.31. The smallest absolute Gasteiger partial charge is 0.407 e. The van der Waals surface area contributed by atoms with Crippen molar-refractivity contribution >= 4 is 29.4 Å². The minimum absolute atomic E-state index is 0.0496. The van der Waals surface area contributed by atoms with Crippen molar-refractivity contribution in [2.45, 2.75) is 77.0 Å². The van der Waals surface area contributed by atoms with E-state index < -0.39 is 5.60 Å². The Balaban J connectivity index is 1.06. The van der Waals surface area contributed by atoms with Crippen molar-refractivity contribution < 1.29 is 19.1 Å². The predicted molar refractivity (Wildman–Crippen MR) is 161 cm³/mol. The molecule has 0 spiro atoms. The summed E-state index contributed by atoms with van der Waals surface area (Å²) in [4.78, 5) is 52.4. The summed E-state index contributed by atoms with van der Waals surface area (Å²) in [5.41, 5.74) is 3.41. The lowest BCUT2D eigenvalue weighted by atomic mass is 9.91. The molecule has 2 N–H and O–H groups in total. The van der Waals surface area contributed by atoms with Gasteiger partial charge < -0.3 is 25.2 Å². The van der Waals surface area contributed by atoms with Crippen molar-refractivity contribution in [3.05, 3.63) is 36.2 Å². The van der Waals surface area contributed by atoms with E-state index >= 15 is 0 Å². The Morgan fingerprint density at radius 1 is 0.976 bits per heavy atom. The number of amides is 3. The fourth-order valence-corrected chi connectivity index (χ4v) is 5.93. The summed E-state index contributed by atoms with van der Waals surface area (Å²) >= 11 is 0. The number of fused-ring (bicyclic) bond motifs is 1. The third kappa shape index (κ3) is 7.56. The van der Waals surface area contributed by atoms with Crippen LogP contribution < -0.4 is 20.4 Å². The monoisotopic (exact) mass is 577 g/mol. The second-order valence-electron chi connectivity index (χ2n) is 12.6. The molecule has 42 heavy (non-hydrogen) atoms. The molecule has 226 valence electrons. The van der Waals surface area contributed by atoms with Gasteiger partial charge in [0.1, 0.15) is 11.4 Å². The van der Waals surface area contributed by atoms with Crippen LogP contribution >= 0.6 is 0 Å². The number of carbonyl (C=O) groups is 3. The molecular weight excluding hydrogens is 534 g/mol. The average Bonchev–Trinajstić information content (AvgIpc) is 2.95. The van der Waals surface area contributed by atoms with Crippen molar-refractivity contribution in [2.75, 3.05) is 49.6 Å². The second-order valence-corrected chi connectivity index (χ2v) is 12.6. The summed E-state index contributed by atoms with van der Waals surface area (Å²) in [7, 11) is 1.82. The number of benzene rings is 1. The molecule has 2 aromatic rings. The zero-order chi connectivity index (χ0) is 29.9. The molecule has 3 heterocycles. The highest BCUT2D eigenvalue weighted by Gasteiger charge is 2.27. The maximum Gasteiger partial charge on any atom is 0.407 e. The molecule has 1 aromatic carbocycles. The summed E-state index contributed by atoms with van der Waals surface area (Å²) in [6.07, 6.45) is 7.79. The molecule has 0 radical (unpaired) electrons. The zero-order valence-corrected chi connectivity index (χ0v) is 25.2. The topological polar surface area (TPSA) is 120 Å². The van der Waals surface area contributed by atoms with E-state index in [2.05, 4.69) is 31.5 Å².